The molecule has 0 saturated carbocycles. The average Bonchev–Trinajstić information content (AvgIpc) is 2.75. The van der Waals surface area contributed by atoms with Gasteiger partial charge in [0.1, 0.15) is 0 Å². The Labute approximate surface area is 168 Å². The van der Waals surface area contributed by atoms with Crippen molar-refractivity contribution in [3.63, 3.8) is 0 Å². The Bertz CT molecular complexity index is 741. The Hall–Kier alpha value is -2.17. The number of piperidine rings is 1. The van der Waals surface area contributed by atoms with Crippen LogP contribution in [-0.2, 0) is 17.9 Å². The lowest BCUT2D eigenvalue weighted by molar-refractivity contribution is -0.139. The topological polar surface area (TPSA) is 26.8 Å². The first kappa shape index (κ1) is 19.2. The van der Waals surface area contributed by atoms with Gasteiger partial charge in [0.15, 0.2) is 0 Å². The van der Waals surface area contributed by atoms with Crippen LogP contribution in [0.4, 0.5) is 0 Å². The van der Waals surface area contributed by atoms with Gasteiger partial charge in [0.05, 0.1) is 5.92 Å². The summed E-state index contributed by atoms with van der Waals surface area (Å²) in [5.41, 5.74) is 2.69. The normalized spacial score (nSPS) is 21.6. The molecule has 2 saturated heterocycles. The molecule has 0 bridgehead atoms. The smallest absolute Gasteiger partial charge is 0.227 e. The van der Waals surface area contributed by atoms with Crippen molar-refractivity contribution in [1.82, 2.24) is 14.7 Å². The molecule has 2 aliphatic rings. The van der Waals surface area contributed by atoms with Gasteiger partial charge in [0.25, 0.3) is 0 Å². The van der Waals surface area contributed by atoms with Gasteiger partial charge in [-0.15, -0.1) is 0 Å². The van der Waals surface area contributed by atoms with E-state index in [4.69, 9.17) is 0 Å². The summed E-state index contributed by atoms with van der Waals surface area (Å²) in [5, 5.41) is 0. The zero-order valence-electron chi connectivity index (χ0n) is 16.7. The highest BCUT2D eigenvalue weighted by Crippen LogP contribution is 2.21. The summed E-state index contributed by atoms with van der Waals surface area (Å²) in [6, 6.07) is 21.2. The van der Waals surface area contributed by atoms with Crippen LogP contribution < -0.4 is 0 Å². The van der Waals surface area contributed by atoms with E-state index in [-0.39, 0.29) is 5.92 Å². The van der Waals surface area contributed by atoms with Crippen LogP contribution in [-0.4, -0.2) is 59.9 Å². The maximum Gasteiger partial charge on any atom is 0.227 e. The average molecular weight is 378 g/mol. The third-order valence-electron chi connectivity index (χ3n) is 6.04. The predicted octanol–water partition coefficient (Wildman–Crippen LogP) is 3.24. The number of benzene rings is 2. The van der Waals surface area contributed by atoms with Gasteiger partial charge in [-0.1, -0.05) is 60.7 Å². The van der Waals surface area contributed by atoms with Crippen LogP contribution in [0.5, 0.6) is 0 Å². The standard InChI is InChI=1S/C24H31N3O/c28-24(23-12-7-13-26(20-23)19-22-10-5-2-6-11-22)27-16-14-25(15-17-27)18-21-8-3-1-4-9-21/h1-6,8-11,23H,7,12-20H2/t23-/m0/s1. The fraction of sp³-hybridized carbons (Fsp3) is 0.458. The first-order valence-corrected chi connectivity index (χ1v) is 10.6. The van der Waals surface area contributed by atoms with E-state index in [0.29, 0.717) is 5.91 Å². The van der Waals surface area contributed by atoms with Crippen LogP contribution in [0.3, 0.4) is 0 Å². The third kappa shape index (κ3) is 5.00. The lowest BCUT2D eigenvalue weighted by Gasteiger charge is -2.39. The van der Waals surface area contributed by atoms with E-state index in [0.717, 1.165) is 65.2 Å². The number of carbonyl (C=O) groups is 1. The molecule has 4 heteroatoms. The van der Waals surface area contributed by atoms with E-state index in [1.165, 1.54) is 11.1 Å². The summed E-state index contributed by atoms with van der Waals surface area (Å²) in [6.07, 6.45) is 2.16. The largest absolute Gasteiger partial charge is 0.340 e. The van der Waals surface area contributed by atoms with Gasteiger partial charge in [-0.2, -0.15) is 0 Å². The van der Waals surface area contributed by atoms with Crippen molar-refractivity contribution in [3.8, 4) is 0 Å². The van der Waals surface area contributed by atoms with Crippen molar-refractivity contribution in [3.05, 3.63) is 71.8 Å². The molecule has 0 spiro atoms. The van der Waals surface area contributed by atoms with Crippen LogP contribution in [0.2, 0.25) is 0 Å². The predicted molar refractivity (Wildman–Crippen MR) is 113 cm³/mol. The molecule has 2 fully saturated rings. The minimum atomic E-state index is 0.165. The van der Waals surface area contributed by atoms with Gasteiger partial charge in [-0.3, -0.25) is 14.6 Å². The Morgan fingerprint density at radius 3 is 1.93 bits per heavy atom. The molecule has 0 unspecified atom stereocenters. The second-order valence-corrected chi connectivity index (χ2v) is 8.15. The molecule has 1 atom stereocenters. The highest BCUT2D eigenvalue weighted by Gasteiger charge is 2.31. The summed E-state index contributed by atoms with van der Waals surface area (Å²) in [4.78, 5) is 20.1. The first-order chi connectivity index (χ1) is 13.8. The van der Waals surface area contributed by atoms with Crippen LogP contribution in [0.1, 0.15) is 24.0 Å². The number of rotatable bonds is 5. The van der Waals surface area contributed by atoms with Gasteiger partial charge >= 0.3 is 0 Å². The fourth-order valence-electron chi connectivity index (χ4n) is 4.47. The first-order valence-electron chi connectivity index (χ1n) is 10.6. The van der Waals surface area contributed by atoms with E-state index >= 15 is 0 Å². The molecule has 28 heavy (non-hydrogen) atoms. The van der Waals surface area contributed by atoms with Crippen LogP contribution >= 0.6 is 0 Å². The number of likely N-dealkylation sites (tertiary alicyclic amines) is 1. The number of hydrogen-bond donors (Lipinski definition) is 0. The molecular formula is C24H31N3O. The zero-order valence-corrected chi connectivity index (χ0v) is 16.7. The fourth-order valence-corrected chi connectivity index (χ4v) is 4.47. The maximum atomic E-state index is 13.1. The maximum absolute atomic E-state index is 13.1. The molecule has 0 radical (unpaired) electrons. The number of carbonyl (C=O) groups excluding carboxylic acids is 1. The summed E-state index contributed by atoms with van der Waals surface area (Å²) in [7, 11) is 0. The van der Waals surface area contributed by atoms with Crippen molar-refractivity contribution >= 4 is 5.91 Å². The number of piperazine rings is 1. The van der Waals surface area contributed by atoms with E-state index < -0.39 is 0 Å². The lowest BCUT2D eigenvalue weighted by atomic mass is 9.95. The van der Waals surface area contributed by atoms with E-state index in [1.54, 1.807) is 0 Å². The molecule has 2 aromatic carbocycles. The van der Waals surface area contributed by atoms with Crippen molar-refractivity contribution in [2.75, 3.05) is 39.3 Å². The zero-order chi connectivity index (χ0) is 19.2. The summed E-state index contributed by atoms with van der Waals surface area (Å²) in [6.45, 7) is 7.61. The molecule has 0 N–H and O–H groups in total. The summed E-state index contributed by atoms with van der Waals surface area (Å²) in [5.74, 6) is 0.537. The van der Waals surface area contributed by atoms with Gasteiger partial charge in [-0.05, 0) is 30.5 Å². The van der Waals surface area contributed by atoms with Gasteiger partial charge in [0, 0.05) is 45.8 Å². The van der Waals surface area contributed by atoms with Crippen LogP contribution in [0, 0.1) is 5.92 Å². The van der Waals surface area contributed by atoms with E-state index in [1.807, 2.05) is 0 Å². The quantitative estimate of drug-likeness (QED) is 0.800. The van der Waals surface area contributed by atoms with Crippen molar-refractivity contribution in [2.24, 2.45) is 5.92 Å². The van der Waals surface area contributed by atoms with Gasteiger partial charge in [0.2, 0.25) is 5.91 Å². The molecule has 4 nitrogen and oxygen atoms in total. The summed E-state index contributed by atoms with van der Waals surface area (Å²) >= 11 is 0. The highest BCUT2D eigenvalue weighted by molar-refractivity contribution is 5.79. The molecule has 0 aromatic heterocycles. The monoisotopic (exact) mass is 377 g/mol. The number of nitrogens with zero attached hydrogens (tertiary/aromatic N) is 3. The molecule has 2 aromatic rings. The molecule has 0 aliphatic carbocycles. The van der Waals surface area contributed by atoms with Gasteiger partial charge in [-0.25, -0.2) is 0 Å². The van der Waals surface area contributed by atoms with E-state index in [2.05, 4.69) is 75.4 Å². The Morgan fingerprint density at radius 2 is 1.32 bits per heavy atom. The molecule has 2 aliphatic heterocycles. The molecule has 4 rings (SSSR count). The molecule has 148 valence electrons. The van der Waals surface area contributed by atoms with Crippen LogP contribution in [0.25, 0.3) is 0 Å². The molecular weight excluding hydrogens is 346 g/mol. The second kappa shape index (κ2) is 9.35. The van der Waals surface area contributed by atoms with E-state index in [9.17, 15) is 4.79 Å². The Morgan fingerprint density at radius 1 is 0.750 bits per heavy atom. The van der Waals surface area contributed by atoms with Gasteiger partial charge < -0.3 is 4.90 Å². The Balaban J connectivity index is 1.26. The minimum Gasteiger partial charge on any atom is -0.340 e. The van der Waals surface area contributed by atoms with Crippen molar-refractivity contribution in [2.45, 2.75) is 25.9 Å². The number of hydrogen-bond acceptors (Lipinski definition) is 3. The van der Waals surface area contributed by atoms with Crippen LogP contribution in [0.15, 0.2) is 60.7 Å². The SMILES string of the molecule is O=C([C@H]1CCCN(Cc2ccccc2)C1)N1CCN(Cc2ccccc2)CC1. The third-order valence-corrected chi connectivity index (χ3v) is 6.04. The molecule has 2 heterocycles. The lowest BCUT2D eigenvalue weighted by Crippen LogP contribution is -2.52. The van der Waals surface area contributed by atoms with Crippen molar-refractivity contribution < 1.29 is 4.79 Å². The van der Waals surface area contributed by atoms with Crippen molar-refractivity contribution in [1.29, 1.82) is 0 Å². The Kier molecular flexibility index (Phi) is 6.40. The highest BCUT2D eigenvalue weighted by atomic mass is 16.2. The minimum absolute atomic E-state index is 0.165. The second-order valence-electron chi connectivity index (χ2n) is 8.15. The molecule has 1 amide bonds. The summed E-state index contributed by atoms with van der Waals surface area (Å²) < 4.78 is 0. The number of amides is 1.